The Hall–Kier alpha value is -2.97. The third-order valence-electron chi connectivity index (χ3n) is 6.54. The van der Waals surface area contributed by atoms with Crippen LogP contribution in [0.25, 0.3) is 0 Å². The molecule has 0 spiro atoms. The van der Waals surface area contributed by atoms with E-state index in [1.165, 1.54) is 11.1 Å². The van der Waals surface area contributed by atoms with Crippen molar-refractivity contribution in [3.05, 3.63) is 64.2 Å². The number of aldehydes is 1. The van der Waals surface area contributed by atoms with Gasteiger partial charge in [0.1, 0.15) is 6.29 Å². The molecule has 0 radical (unpaired) electrons. The second-order valence-electron chi connectivity index (χ2n) is 11.2. The topological polar surface area (TPSA) is 84.9 Å². The highest BCUT2D eigenvalue weighted by molar-refractivity contribution is 6.63. The number of hydrogen-bond acceptors (Lipinski definition) is 5. The number of benzene rings is 2. The fourth-order valence-electron chi connectivity index (χ4n) is 3.92. The molecule has 35 heavy (non-hydrogen) atoms. The fraction of sp³-hybridized carbons (Fsp3) is 0.444. The van der Waals surface area contributed by atoms with Crippen molar-refractivity contribution in [2.24, 2.45) is 0 Å². The summed E-state index contributed by atoms with van der Waals surface area (Å²) >= 11 is 0. The highest BCUT2D eigenvalue weighted by Crippen LogP contribution is 2.36. The van der Waals surface area contributed by atoms with Gasteiger partial charge < -0.3 is 9.31 Å². The normalized spacial score (nSPS) is 16.7. The predicted molar refractivity (Wildman–Crippen MR) is 137 cm³/mol. The lowest BCUT2D eigenvalue weighted by Gasteiger charge is -2.35. The van der Waals surface area contributed by atoms with E-state index in [1.807, 2.05) is 68.4 Å². The zero-order valence-electron chi connectivity index (χ0n) is 22.1. The first-order valence-electron chi connectivity index (χ1n) is 11.7. The van der Waals surface area contributed by atoms with Gasteiger partial charge in [-0.2, -0.15) is 0 Å². The molecular weight excluding hydrogens is 443 g/mol. The minimum absolute atomic E-state index is 0.245. The van der Waals surface area contributed by atoms with Crippen LogP contribution >= 0.6 is 0 Å². The molecule has 186 valence electrons. The zero-order valence-corrected chi connectivity index (χ0v) is 22.1. The summed E-state index contributed by atoms with van der Waals surface area (Å²) in [6, 6.07) is 10.3. The maximum Gasteiger partial charge on any atom is 0.495 e. The van der Waals surface area contributed by atoms with Gasteiger partial charge in [-0.3, -0.25) is 19.8 Å². The van der Waals surface area contributed by atoms with Crippen molar-refractivity contribution >= 4 is 30.7 Å². The largest absolute Gasteiger partial charge is 0.495 e. The van der Waals surface area contributed by atoms with E-state index in [1.54, 1.807) is 24.3 Å². The molecule has 1 saturated heterocycles. The monoisotopic (exact) mass is 478 g/mol. The van der Waals surface area contributed by atoms with Crippen LogP contribution in [0.3, 0.4) is 0 Å². The fourth-order valence-corrected chi connectivity index (χ4v) is 3.92. The number of amides is 2. The van der Waals surface area contributed by atoms with Crippen LogP contribution < -0.4 is 10.9 Å². The Kier molecular flexibility index (Phi) is 7.03. The molecule has 0 aliphatic carbocycles. The van der Waals surface area contributed by atoms with Crippen LogP contribution in [-0.2, 0) is 9.31 Å². The van der Waals surface area contributed by atoms with E-state index >= 15 is 0 Å². The van der Waals surface area contributed by atoms with Crippen LogP contribution in [0.5, 0.6) is 0 Å². The van der Waals surface area contributed by atoms with Crippen LogP contribution in [0.4, 0.5) is 0 Å². The molecule has 0 atom stereocenters. The number of carbonyl (C=O) groups excluding carboxylic acids is 3. The van der Waals surface area contributed by atoms with Crippen molar-refractivity contribution in [2.45, 2.75) is 79.1 Å². The van der Waals surface area contributed by atoms with Crippen molar-refractivity contribution in [1.82, 2.24) is 10.4 Å². The molecule has 0 bridgehead atoms. The number of hydrogen-bond donors (Lipinski definition) is 1. The van der Waals surface area contributed by atoms with Crippen LogP contribution in [0.1, 0.15) is 90.7 Å². The van der Waals surface area contributed by atoms with Crippen LogP contribution in [0, 0.1) is 13.8 Å². The summed E-state index contributed by atoms with van der Waals surface area (Å²) in [5, 5.41) is 1.33. The second-order valence-corrected chi connectivity index (χ2v) is 11.2. The van der Waals surface area contributed by atoms with Crippen molar-refractivity contribution in [3.8, 4) is 0 Å². The van der Waals surface area contributed by atoms with Gasteiger partial charge in [-0.1, -0.05) is 23.3 Å². The number of aryl methyl sites for hydroxylation is 2. The first kappa shape index (κ1) is 26.6. The third-order valence-corrected chi connectivity index (χ3v) is 6.54. The van der Waals surface area contributed by atoms with E-state index in [2.05, 4.69) is 5.43 Å². The molecule has 1 fully saturated rings. The average Bonchev–Trinajstić information content (AvgIpc) is 2.96. The summed E-state index contributed by atoms with van der Waals surface area (Å²) in [7, 11) is -0.727. The summed E-state index contributed by atoms with van der Waals surface area (Å²) in [6.07, 6.45) is 0.680. The van der Waals surface area contributed by atoms with E-state index in [-0.39, 0.29) is 11.5 Å². The molecular formula is C27H35BN2O5. The summed E-state index contributed by atoms with van der Waals surface area (Å²) in [6.45, 7) is 17.1. The van der Waals surface area contributed by atoms with Gasteiger partial charge in [-0.15, -0.1) is 0 Å². The van der Waals surface area contributed by atoms with E-state index in [0.29, 0.717) is 22.9 Å². The minimum atomic E-state index is -0.727. The summed E-state index contributed by atoms with van der Waals surface area (Å²) < 4.78 is 12.1. The number of carbonyl (C=O) groups is 3. The van der Waals surface area contributed by atoms with E-state index in [9.17, 15) is 14.4 Å². The van der Waals surface area contributed by atoms with Crippen molar-refractivity contribution in [2.75, 3.05) is 0 Å². The molecule has 0 aromatic heterocycles. The molecule has 1 aliphatic rings. The van der Waals surface area contributed by atoms with Crippen molar-refractivity contribution in [3.63, 3.8) is 0 Å². The predicted octanol–water partition coefficient (Wildman–Crippen LogP) is 4.00. The SMILES string of the molecule is Cc1cc(C)cc(C(=O)N(NC(=O)c2ccc(B3OC(C)(C)C(C)(C)O3)c(C=O)c2)C(C)(C)C)c1. The van der Waals surface area contributed by atoms with Crippen molar-refractivity contribution in [1.29, 1.82) is 0 Å². The summed E-state index contributed by atoms with van der Waals surface area (Å²) in [4.78, 5) is 38.5. The molecule has 2 amide bonds. The van der Waals surface area contributed by atoms with Gasteiger partial charge >= 0.3 is 7.12 Å². The van der Waals surface area contributed by atoms with Gasteiger partial charge in [-0.25, -0.2) is 5.01 Å². The standard InChI is InChI=1S/C27H35BN2O5/c1-17-12-18(2)14-20(13-17)24(33)30(25(3,4)5)29-23(32)19-10-11-22(21(15-19)16-31)28-34-26(6,7)27(8,9)35-28/h10-16H,1-9H3,(H,29,32). The quantitative estimate of drug-likeness (QED) is 0.408. The average molecular weight is 478 g/mol. The smallest absolute Gasteiger partial charge is 0.399 e. The Balaban J connectivity index is 1.88. The minimum Gasteiger partial charge on any atom is -0.399 e. The molecule has 2 aromatic rings. The highest BCUT2D eigenvalue weighted by Gasteiger charge is 2.52. The Labute approximate surface area is 208 Å². The Morgan fingerprint density at radius 3 is 1.94 bits per heavy atom. The molecule has 1 heterocycles. The molecule has 7 nitrogen and oxygen atoms in total. The molecule has 0 saturated carbocycles. The Bertz CT molecular complexity index is 1130. The van der Waals surface area contributed by atoms with Crippen LogP contribution in [0.2, 0.25) is 0 Å². The molecule has 3 rings (SSSR count). The molecule has 1 aliphatic heterocycles. The summed E-state index contributed by atoms with van der Waals surface area (Å²) in [5.74, 6) is -0.816. The van der Waals surface area contributed by atoms with Gasteiger partial charge in [-0.05, 0) is 92.0 Å². The number of rotatable bonds is 4. The third kappa shape index (κ3) is 5.49. The molecule has 8 heteroatoms. The first-order valence-corrected chi connectivity index (χ1v) is 11.7. The Morgan fingerprint density at radius 1 is 0.914 bits per heavy atom. The van der Waals surface area contributed by atoms with Gasteiger partial charge in [0, 0.05) is 16.7 Å². The van der Waals surface area contributed by atoms with Gasteiger partial charge in [0.05, 0.1) is 16.7 Å². The maximum absolute atomic E-state index is 13.4. The molecule has 0 unspecified atom stereocenters. The molecule has 1 N–H and O–H groups in total. The number of hydrazine groups is 1. The van der Waals surface area contributed by atoms with Crippen molar-refractivity contribution < 1.29 is 23.7 Å². The molecule has 2 aromatic carbocycles. The second kappa shape index (κ2) is 9.24. The lowest BCUT2D eigenvalue weighted by atomic mass is 9.75. The van der Waals surface area contributed by atoms with Gasteiger partial charge in [0.2, 0.25) is 0 Å². The lowest BCUT2D eigenvalue weighted by molar-refractivity contribution is 0.00578. The van der Waals surface area contributed by atoms with Crippen LogP contribution in [0.15, 0.2) is 36.4 Å². The van der Waals surface area contributed by atoms with E-state index in [0.717, 1.165) is 11.1 Å². The van der Waals surface area contributed by atoms with Gasteiger partial charge in [0.25, 0.3) is 11.8 Å². The lowest BCUT2D eigenvalue weighted by Crippen LogP contribution is -2.56. The first-order chi connectivity index (χ1) is 16.1. The van der Waals surface area contributed by atoms with E-state index < -0.39 is 29.8 Å². The highest BCUT2D eigenvalue weighted by atomic mass is 16.7. The number of nitrogens with zero attached hydrogens (tertiary/aromatic N) is 1. The Morgan fingerprint density at radius 2 is 1.46 bits per heavy atom. The zero-order chi connectivity index (χ0) is 26.3. The maximum atomic E-state index is 13.4. The number of nitrogens with one attached hydrogen (secondary N) is 1. The van der Waals surface area contributed by atoms with Gasteiger partial charge in [0.15, 0.2) is 0 Å². The van der Waals surface area contributed by atoms with E-state index in [4.69, 9.17) is 9.31 Å². The van der Waals surface area contributed by atoms with Crippen LogP contribution in [-0.4, -0.2) is 47.0 Å². The summed E-state index contributed by atoms with van der Waals surface area (Å²) in [5.41, 5.74) is 4.43.